The lowest BCUT2D eigenvalue weighted by atomic mass is 9.91. The number of rotatable bonds is 12. The molecular weight excluding hydrogens is 376 g/mol. The lowest BCUT2D eigenvalue weighted by molar-refractivity contribution is 0.0220. The first-order chi connectivity index (χ1) is 14.4. The summed E-state index contributed by atoms with van der Waals surface area (Å²) in [5.74, 6) is 0.795. The third-order valence-corrected chi connectivity index (χ3v) is 5.92. The molecule has 0 saturated carbocycles. The number of aliphatic hydroxyl groups is 3. The summed E-state index contributed by atoms with van der Waals surface area (Å²) < 4.78 is 5.95. The van der Waals surface area contributed by atoms with Crippen molar-refractivity contribution in [3.05, 3.63) is 70.8 Å². The van der Waals surface area contributed by atoms with Crippen LogP contribution >= 0.6 is 0 Å². The first-order valence-corrected chi connectivity index (χ1v) is 10.9. The number of hydrogen-bond donors (Lipinski definition) is 3. The Labute approximate surface area is 180 Å². The Morgan fingerprint density at radius 1 is 1.00 bits per heavy atom. The highest BCUT2D eigenvalue weighted by atomic mass is 16.5. The molecule has 0 aliphatic heterocycles. The summed E-state index contributed by atoms with van der Waals surface area (Å²) in [6.45, 7) is 6.41. The van der Waals surface area contributed by atoms with Crippen LogP contribution in [0.25, 0.3) is 5.57 Å². The van der Waals surface area contributed by atoms with Gasteiger partial charge in [-0.1, -0.05) is 44.2 Å². The zero-order valence-corrected chi connectivity index (χ0v) is 18.5. The molecule has 0 radical (unpaired) electrons. The Balaban J connectivity index is 1.95. The van der Waals surface area contributed by atoms with E-state index in [0.717, 1.165) is 60.1 Å². The van der Waals surface area contributed by atoms with E-state index in [4.69, 9.17) is 4.74 Å². The summed E-state index contributed by atoms with van der Waals surface area (Å²) >= 11 is 0. The molecule has 0 unspecified atom stereocenters. The van der Waals surface area contributed by atoms with Crippen LogP contribution in [0.3, 0.4) is 0 Å². The first kappa shape index (κ1) is 24.1. The normalized spacial score (nSPS) is 12.3. The van der Waals surface area contributed by atoms with E-state index in [0.29, 0.717) is 6.61 Å². The molecule has 0 saturated heterocycles. The second-order valence-electron chi connectivity index (χ2n) is 7.95. The zero-order valence-electron chi connectivity index (χ0n) is 18.5. The van der Waals surface area contributed by atoms with Crippen LogP contribution in [0.1, 0.15) is 75.1 Å². The molecule has 4 nitrogen and oxygen atoms in total. The van der Waals surface area contributed by atoms with Gasteiger partial charge in [0.25, 0.3) is 0 Å². The largest absolute Gasteiger partial charge is 0.489 e. The summed E-state index contributed by atoms with van der Waals surface area (Å²) in [6.07, 6.45) is 6.58. The van der Waals surface area contributed by atoms with Crippen LogP contribution in [0.4, 0.5) is 0 Å². The number of hydrogen-bond acceptors (Lipinski definition) is 4. The van der Waals surface area contributed by atoms with E-state index in [9.17, 15) is 15.3 Å². The molecule has 4 heteroatoms. The summed E-state index contributed by atoms with van der Waals surface area (Å²) in [5, 5.41) is 29.2. The molecular formula is C26H36O4. The van der Waals surface area contributed by atoms with Crippen LogP contribution in [-0.4, -0.2) is 20.9 Å². The van der Waals surface area contributed by atoms with Crippen molar-refractivity contribution < 1.29 is 20.1 Å². The average molecular weight is 413 g/mol. The Bertz CT molecular complexity index is 822. The minimum Gasteiger partial charge on any atom is -0.489 e. The maximum absolute atomic E-state index is 10.4. The maximum atomic E-state index is 10.4. The fourth-order valence-electron chi connectivity index (χ4n) is 3.54. The molecule has 2 aromatic rings. The molecule has 164 valence electrons. The van der Waals surface area contributed by atoms with Gasteiger partial charge in [-0.2, -0.15) is 0 Å². The van der Waals surface area contributed by atoms with Crippen LogP contribution in [0.15, 0.2) is 48.5 Å². The van der Waals surface area contributed by atoms with E-state index >= 15 is 0 Å². The van der Waals surface area contributed by atoms with Crippen molar-refractivity contribution in [3.8, 4) is 5.75 Å². The van der Waals surface area contributed by atoms with E-state index in [2.05, 4.69) is 19.1 Å². The van der Waals surface area contributed by atoms with Gasteiger partial charge >= 0.3 is 0 Å². The van der Waals surface area contributed by atoms with Crippen molar-refractivity contribution in [2.24, 2.45) is 0 Å². The monoisotopic (exact) mass is 412 g/mol. The van der Waals surface area contributed by atoms with Crippen molar-refractivity contribution in [2.45, 2.75) is 78.3 Å². The molecule has 0 spiro atoms. The summed E-state index contributed by atoms with van der Waals surface area (Å²) in [7, 11) is 0. The fourth-order valence-corrected chi connectivity index (χ4v) is 3.54. The van der Waals surface area contributed by atoms with Gasteiger partial charge in [0.2, 0.25) is 0 Å². The van der Waals surface area contributed by atoms with E-state index < -0.39 is 5.60 Å². The highest BCUT2D eigenvalue weighted by Gasteiger charge is 2.20. The van der Waals surface area contributed by atoms with Gasteiger partial charge in [-0.3, -0.25) is 0 Å². The molecule has 0 aliphatic carbocycles. The molecule has 0 atom stereocenters. The van der Waals surface area contributed by atoms with Gasteiger partial charge in [-0.25, -0.2) is 0 Å². The topological polar surface area (TPSA) is 69.9 Å². The maximum Gasteiger partial charge on any atom is 0.120 e. The fraction of sp³-hybridized carbons (Fsp3) is 0.462. The van der Waals surface area contributed by atoms with Crippen molar-refractivity contribution in [1.82, 2.24) is 0 Å². The zero-order chi connectivity index (χ0) is 22.0. The average Bonchev–Trinajstić information content (AvgIpc) is 2.80. The van der Waals surface area contributed by atoms with Crippen molar-refractivity contribution in [2.75, 3.05) is 0 Å². The molecule has 0 fully saturated rings. The summed E-state index contributed by atoms with van der Waals surface area (Å²) in [6, 6.07) is 13.6. The van der Waals surface area contributed by atoms with E-state index in [1.54, 1.807) is 0 Å². The number of unbranched alkanes of at least 4 members (excludes halogenated alkanes) is 1. The second-order valence-corrected chi connectivity index (χ2v) is 7.95. The SMILES string of the molecule is CCC(O)(CC)CCC/C=C(\C)c1cccc(OCc2ccc(CO)c(CO)c2)c1. The molecule has 3 N–H and O–H groups in total. The van der Waals surface area contributed by atoms with Crippen LogP contribution in [0.5, 0.6) is 5.75 Å². The van der Waals surface area contributed by atoms with Crippen molar-refractivity contribution in [3.63, 3.8) is 0 Å². The Kier molecular flexibility index (Phi) is 9.57. The third kappa shape index (κ3) is 6.98. The quantitative estimate of drug-likeness (QED) is 0.410. The molecule has 0 amide bonds. The number of aliphatic hydroxyl groups excluding tert-OH is 2. The molecule has 30 heavy (non-hydrogen) atoms. The highest BCUT2D eigenvalue weighted by molar-refractivity contribution is 5.64. The molecule has 0 aliphatic rings. The van der Waals surface area contributed by atoms with Gasteiger partial charge in [-0.15, -0.1) is 0 Å². The lowest BCUT2D eigenvalue weighted by Gasteiger charge is -2.24. The van der Waals surface area contributed by atoms with Gasteiger partial charge in [0.05, 0.1) is 18.8 Å². The number of allylic oxidation sites excluding steroid dienone is 2. The van der Waals surface area contributed by atoms with Gasteiger partial charge in [0.1, 0.15) is 12.4 Å². The van der Waals surface area contributed by atoms with Gasteiger partial charge in [-0.05, 0) is 85.1 Å². The minimum absolute atomic E-state index is 0.0825. The molecule has 2 aromatic carbocycles. The van der Waals surface area contributed by atoms with Crippen LogP contribution in [0, 0.1) is 0 Å². The van der Waals surface area contributed by atoms with Crippen molar-refractivity contribution in [1.29, 1.82) is 0 Å². The highest BCUT2D eigenvalue weighted by Crippen LogP contribution is 2.25. The number of ether oxygens (including phenoxy) is 1. The minimum atomic E-state index is -0.527. The summed E-state index contributed by atoms with van der Waals surface area (Å²) in [5.41, 5.74) is 4.21. The molecule has 0 bridgehead atoms. The predicted molar refractivity (Wildman–Crippen MR) is 122 cm³/mol. The number of benzene rings is 2. The lowest BCUT2D eigenvalue weighted by Crippen LogP contribution is -2.26. The van der Waals surface area contributed by atoms with Crippen molar-refractivity contribution >= 4 is 5.57 Å². The van der Waals surface area contributed by atoms with Crippen LogP contribution in [0.2, 0.25) is 0 Å². The van der Waals surface area contributed by atoms with E-state index in [-0.39, 0.29) is 13.2 Å². The Morgan fingerprint density at radius 3 is 2.40 bits per heavy atom. The smallest absolute Gasteiger partial charge is 0.120 e. The van der Waals surface area contributed by atoms with Crippen LogP contribution < -0.4 is 4.74 Å². The van der Waals surface area contributed by atoms with Gasteiger partial charge < -0.3 is 20.1 Å². The molecule has 2 rings (SSSR count). The Morgan fingerprint density at radius 2 is 1.73 bits per heavy atom. The predicted octanol–water partition coefficient (Wildman–Crippen LogP) is 5.37. The van der Waals surface area contributed by atoms with Gasteiger partial charge in [0, 0.05) is 0 Å². The standard InChI is InChI=1S/C26H36O4/c1-4-26(29,5-2)14-7-6-9-20(3)22-10-8-11-25(16-22)30-19-21-12-13-23(17-27)24(15-21)18-28/h8-13,15-16,27-29H,4-7,14,17-19H2,1-3H3/b20-9+. The second kappa shape index (κ2) is 11.9. The summed E-state index contributed by atoms with van der Waals surface area (Å²) in [4.78, 5) is 0. The third-order valence-electron chi connectivity index (χ3n) is 5.92. The van der Waals surface area contributed by atoms with Crippen LogP contribution in [-0.2, 0) is 19.8 Å². The van der Waals surface area contributed by atoms with E-state index in [1.165, 1.54) is 5.57 Å². The van der Waals surface area contributed by atoms with E-state index in [1.807, 2.05) is 50.2 Å². The first-order valence-electron chi connectivity index (χ1n) is 10.9. The molecule has 0 heterocycles. The Hall–Kier alpha value is -2.14. The molecule has 0 aromatic heterocycles. The van der Waals surface area contributed by atoms with Gasteiger partial charge in [0.15, 0.2) is 0 Å².